The first-order chi connectivity index (χ1) is 11.0. The van der Waals surface area contributed by atoms with Crippen molar-refractivity contribution in [3.05, 3.63) is 64.7 Å². The highest BCUT2D eigenvalue weighted by atomic mass is 16.5. The van der Waals surface area contributed by atoms with Crippen LogP contribution < -0.4 is 10.1 Å². The van der Waals surface area contributed by atoms with Crippen molar-refractivity contribution >= 4 is 5.91 Å². The van der Waals surface area contributed by atoms with Gasteiger partial charge in [0.15, 0.2) is 6.10 Å². The van der Waals surface area contributed by atoms with Crippen LogP contribution in [0.1, 0.15) is 35.6 Å². The van der Waals surface area contributed by atoms with Crippen LogP contribution in [0.2, 0.25) is 0 Å². The van der Waals surface area contributed by atoms with Crippen molar-refractivity contribution in [2.75, 3.05) is 0 Å². The van der Waals surface area contributed by atoms with Crippen LogP contribution >= 0.6 is 0 Å². The van der Waals surface area contributed by atoms with Crippen molar-refractivity contribution in [2.24, 2.45) is 0 Å². The number of carbonyl (C=O) groups excluding carboxylic acids is 1. The van der Waals surface area contributed by atoms with Gasteiger partial charge in [0, 0.05) is 6.54 Å². The predicted octanol–water partition coefficient (Wildman–Crippen LogP) is 4.09. The van der Waals surface area contributed by atoms with Gasteiger partial charge in [-0.05, 0) is 56.0 Å². The Morgan fingerprint density at radius 2 is 1.61 bits per heavy atom. The van der Waals surface area contributed by atoms with E-state index in [1.807, 2.05) is 64.1 Å². The summed E-state index contributed by atoms with van der Waals surface area (Å²) in [6, 6.07) is 14.2. The SMILES string of the molecule is CC[C@@H](Oc1cc(C)cc(C)c1)C(=O)NCc1ccc(C)cc1. The van der Waals surface area contributed by atoms with Crippen LogP contribution in [0.3, 0.4) is 0 Å². The molecular formula is C20H25NO2. The van der Waals surface area contributed by atoms with E-state index in [4.69, 9.17) is 4.74 Å². The molecule has 2 aromatic rings. The van der Waals surface area contributed by atoms with Crippen molar-refractivity contribution in [3.8, 4) is 5.75 Å². The average molecular weight is 311 g/mol. The van der Waals surface area contributed by atoms with Gasteiger partial charge in [-0.25, -0.2) is 0 Å². The zero-order valence-electron chi connectivity index (χ0n) is 14.3. The third-order valence-corrected chi connectivity index (χ3v) is 3.72. The van der Waals surface area contributed by atoms with E-state index in [-0.39, 0.29) is 5.91 Å². The molecule has 1 amide bonds. The molecule has 0 spiro atoms. The average Bonchev–Trinajstić information content (AvgIpc) is 2.51. The van der Waals surface area contributed by atoms with Crippen LogP contribution in [-0.2, 0) is 11.3 Å². The summed E-state index contributed by atoms with van der Waals surface area (Å²) in [5.74, 6) is 0.673. The molecule has 23 heavy (non-hydrogen) atoms. The molecule has 0 radical (unpaired) electrons. The van der Waals surface area contributed by atoms with E-state index in [2.05, 4.69) is 11.4 Å². The zero-order valence-corrected chi connectivity index (χ0v) is 14.3. The van der Waals surface area contributed by atoms with Crippen LogP contribution in [-0.4, -0.2) is 12.0 Å². The molecule has 1 atom stereocenters. The van der Waals surface area contributed by atoms with E-state index >= 15 is 0 Å². The van der Waals surface area contributed by atoms with Crippen molar-refractivity contribution in [1.82, 2.24) is 5.32 Å². The fraction of sp³-hybridized carbons (Fsp3) is 0.350. The lowest BCUT2D eigenvalue weighted by Gasteiger charge is -2.18. The van der Waals surface area contributed by atoms with Crippen LogP contribution in [0.5, 0.6) is 5.75 Å². The highest BCUT2D eigenvalue weighted by Crippen LogP contribution is 2.18. The molecule has 2 aromatic carbocycles. The maximum absolute atomic E-state index is 12.4. The van der Waals surface area contributed by atoms with Crippen LogP contribution in [0, 0.1) is 20.8 Å². The maximum atomic E-state index is 12.4. The smallest absolute Gasteiger partial charge is 0.261 e. The molecule has 3 heteroatoms. The lowest BCUT2D eigenvalue weighted by molar-refractivity contribution is -0.128. The molecule has 122 valence electrons. The van der Waals surface area contributed by atoms with E-state index in [1.54, 1.807) is 0 Å². The Bertz CT molecular complexity index is 642. The lowest BCUT2D eigenvalue weighted by Crippen LogP contribution is -2.37. The number of rotatable bonds is 6. The highest BCUT2D eigenvalue weighted by Gasteiger charge is 2.18. The lowest BCUT2D eigenvalue weighted by atomic mass is 10.1. The molecule has 0 unspecified atom stereocenters. The molecule has 0 aromatic heterocycles. The number of ether oxygens (including phenoxy) is 1. The molecule has 0 saturated carbocycles. The summed E-state index contributed by atoms with van der Waals surface area (Å²) < 4.78 is 5.88. The first-order valence-electron chi connectivity index (χ1n) is 8.06. The molecule has 0 saturated heterocycles. The van der Waals surface area contributed by atoms with Gasteiger partial charge in [0.25, 0.3) is 5.91 Å². The van der Waals surface area contributed by atoms with Crippen LogP contribution in [0.25, 0.3) is 0 Å². The van der Waals surface area contributed by atoms with Gasteiger partial charge < -0.3 is 10.1 Å². The normalized spacial score (nSPS) is 11.8. The Morgan fingerprint density at radius 3 is 2.17 bits per heavy atom. The van der Waals surface area contributed by atoms with Gasteiger partial charge >= 0.3 is 0 Å². The number of amides is 1. The number of benzene rings is 2. The minimum atomic E-state index is -0.471. The second kappa shape index (κ2) is 7.82. The van der Waals surface area contributed by atoms with Gasteiger partial charge in [0.1, 0.15) is 5.75 Å². The summed E-state index contributed by atoms with van der Waals surface area (Å²) in [4.78, 5) is 12.4. The van der Waals surface area contributed by atoms with E-state index in [0.29, 0.717) is 13.0 Å². The molecule has 0 aliphatic carbocycles. The Balaban J connectivity index is 1.96. The minimum absolute atomic E-state index is 0.0766. The number of hydrogen-bond acceptors (Lipinski definition) is 2. The number of carbonyl (C=O) groups is 1. The Labute approximate surface area is 138 Å². The standard InChI is InChI=1S/C20H25NO2/c1-5-19(23-18-11-15(3)10-16(4)12-18)20(22)21-13-17-8-6-14(2)7-9-17/h6-12,19H,5,13H2,1-4H3,(H,21,22)/t19-/m1/s1. The molecule has 2 rings (SSSR count). The summed E-state index contributed by atoms with van der Waals surface area (Å²) in [6.45, 7) is 8.58. The quantitative estimate of drug-likeness (QED) is 0.872. The molecule has 0 bridgehead atoms. The van der Waals surface area contributed by atoms with Gasteiger partial charge in [-0.1, -0.05) is 42.8 Å². The van der Waals surface area contributed by atoms with E-state index < -0.39 is 6.10 Å². The number of nitrogens with one attached hydrogen (secondary N) is 1. The molecule has 0 aliphatic heterocycles. The molecule has 0 heterocycles. The fourth-order valence-electron chi connectivity index (χ4n) is 2.50. The fourth-order valence-corrected chi connectivity index (χ4v) is 2.50. The van der Waals surface area contributed by atoms with Crippen LogP contribution in [0.4, 0.5) is 0 Å². The van der Waals surface area contributed by atoms with Gasteiger partial charge in [-0.2, -0.15) is 0 Å². The third-order valence-electron chi connectivity index (χ3n) is 3.72. The van der Waals surface area contributed by atoms with Gasteiger partial charge in [-0.15, -0.1) is 0 Å². The first-order valence-corrected chi connectivity index (χ1v) is 8.06. The largest absolute Gasteiger partial charge is 0.481 e. The van der Waals surface area contributed by atoms with E-state index in [0.717, 1.165) is 22.4 Å². The molecule has 3 nitrogen and oxygen atoms in total. The second-order valence-corrected chi connectivity index (χ2v) is 6.04. The van der Waals surface area contributed by atoms with Crippen molar-refractivity contribution < 1.29 is 9.53 Å². The van der Waals surface area contributed by atoms with Crippen molar-refractivity contribution in [1.29, 1.82) is 0 Å². The summed E-state index contributed by atoms with van der Waals surface area (Å²) in [6.07, 6.45) is 0.161. The van der Waals surface area contributed by atoms with E-state index in [9.17, 15) is 4.79 Å². The Hall–Kier alpha value is -2.29. The van der Waals surface area contributed by atoms with Crippen LogP contribution in [0.15, 0.2) is 42.5 Å². The molecule has 1 N–H and O–H groups in total. The monoisotopic (exact) mass is 311 g/mol. The number of hydrogen-bond donors (Lipinski definition) is 1. The topological polar surface area (TPSA) is 38.3 Å². The van der Waals surface area contributed by atoms with E-state index in [1.165, 1.54) is 5.56 Å². The van der Waals surface area contributed by atoms with Crippen molar-refractivity contribution in [2.45, 2.75) is 46.8 Å². The van der Waals surface area contributed by atoms with Gasteiger partial charge in [0.05, 0.1) is 0 Å². The Morgan fingerprint density at radius 1 is 1.00 bits per heavy atom. The Kier molecular flexibility index (Phi) is 5.80. The zero-order chi connectivity index (χ0) is 16.8. The minimum Gasteiger partial charge on any atom is -0.481 e. The maximum Gasteiger partial charge on any atom is 0.261 e. The summed E-state index contributed by atoms with van der Waals surface area (Å²) in [5.41, 5.74) is 4.57. The molecule has 0 fully saturated rings. The first kappa shape index (κ1) is 17.1. The van der Waals surface area contributed by atoms with Crippen molar-refractivity contribution in [3.63, 3.8) is 0 Å². The molecule has 0 aliphatic rings. The summed E-state index contributed by atoms with van der Waals surface area (Å²) in [5, 5.41) is 2.95. The predicted molar refractivity (Wildman–Crippen MR) is 93.6 cm³/mol. The van der Waals surface area contributed by atoms with Gasteiger partial charge in [0.2, 0.25) is 0 Å². The molecular weight excluding hydrogens is 286 g/mol. The number of aryl methyl sites for hydroxylation is 3. The highest BCUT2D eigenvalue weighted by molar-refractivity contribution is 5.81. The summed E-state index contributed by atoms with van der Waals surface area (Å²) >= 11 is 0. The third kappa shape index (κ3) is 5.13. The second-order valence-electron chi connectivity index (χ2n) is 6.04. The van der Waals surface area contributed by atoms with Gasteiger partial charge in [-0.3, -0.25) is 4.79 Å². The summed E-state index contributed by atoms with van der Waals surface area (Å²) in [7, 11) is 0.